The fourth-order valence-electron chi connectivity index (χ4n) is 4.56. The molecule has 1 heterocycles. The Morgan fingerprint density at radius 3 is 2.74 bits per heavy atom. The molecule has 8 heteroatoms. The van der Waals surface area contributed by atoms with Crippen LogP contribution in [-0.2, 0) is 9.53 Å². The number of carboxylic acid groups (broad SMARTS) is 1. The first-order valence-corrected chi connectivity index (χ1v) is 10.5. The lowest BCUT2D eigenvalue weighted by atomic mass is 9.86. The zero-order chi connectivity index (χ0) is 22.7. The van der Waals surface area contributed by atoms with Crippen molar-refractivity contribution in [3.63, 3.8) is 0 Å². The van der Waals surface area contributed by atoms with Crippen LogP contribution in [0.5, 0.6) is 0 Å². The Kier molecular flexibility index (Phi) is 7.01. The molecule has 3 atom stereocenters. The van der Waals surface area contributed by atoms with Gasteiger partial charge in [0.25, 0.3) is 0 Å². The Balaban J connectivity index is 1.81. The van der Waals surface area contributed by atoms with Gasteiger partial charge in [-0.25, -0.2) is 14.0 Å². The normalized spacial score (nSPS) is 23.4. The van der Waals surface area contributed by atoms with Crippen LogP contribution in [0.3, 0.4) is 0 Å². The third-order valence-corrected chi connectivity index (χ3v) is 6.41. The highest BCUT2D eigenvalue weighted by Gasteiger charge is 2.40. The van der Waals surface area contributed by atoms with Gasteiger partial charge in [-0.1, -0.05) is 23.7 Å². The van der Waals surface area contributed by atoms with E-state index in [4.69, 9.17) is 21.6 Å². The summed E-state index contributed by atoms with van der Waals surface area (Å²) in [4.78, 5) is 25.6. The molecule has 1 aliphatic carbocycles. The maximum absolute atomic E-state index is 14.6. The lowest BCUT2D eigenvalue weighted by Crippen LogP contribution is -2.34. The Morgan fingerprint density at radius 1 is 1.35 bits per heavy atom. The second kappa shape index (κ2) is 9.52. The molecule has 1 amide bonds. The fourth-order valence-corrected chi connectivity index (χ4v) is 4.87. The number of hydrogen-bond donors (Lipinski definition) is 1. The van der Waals surface area contributed by atoms with E-state index in [1.165, 1.54) is 11.0 Å². The number of hydrogen-bond acceptors (Lipinski definition) is 4. The molecule has 6 nitrogen and oxygen atoms in total. The number of amides is 1. The Morgan fingerprint density at radius 2 is 2.10 bits per heavy atom. The lowest BCUT2D eigenvalue weighted by Gasteiger charge is -2.29. The average molecular weight is 447 g/mol. The third kappa shape index (κ3) is 4.75. The summed E-state index contributed by atoms with van der Waals surface area (Å²) >= 11 is 6.28. The summed E-state index contributed by atoms with van der Waals surface area (Å²) in [5, 5.41) is 18.7. The summed E-state index contributed by atoms with van der Waals surface area (Å²) in [6.07, 6.45) is 2.48. The van der Waals surface area contributed by atoms with E-state index in [2.05, 4.69) is 6.07 Å². The minimum absolute atomic E-state index is 0.0592. The van der Waals surface area contributed by atoms with Crippen LogP contribution in [0.4, 0.5) is 9.18 Å². The molecule has 164 valence electrons. The molecule has 1 aliphatic heterocycles. The van der Waals surface area contributed by atoms with E-state index in [1.54, 1.807) is 32.1 Å². The monoisotopic (exact) mass is 446 g/mol. The topological polar surface area (TPSA) is 90.6 Å². The lowest BCUT2D eigenvalue weighted by molar-refractivity contribution is -0.132. The summed E-state index contributed by atoms with van der Waals surface area (Å²) in [5.41, 5.74) is 1.45. The second-order valence-corrected chi connectivity index (χ2v) is 8.34. The van der Waals surface area contributed by atoms with E-state index in [0.29, 0.717) is 47.7 Å². The zero-order valence-corrected chi connectivity index (χ0v) is 18.2. The number of nitrogens with zero attached hydrogens (tertiary/aromatic N) is 2. The van der Waals surface area contributed by atoms with Crippen molar-refractivity contribution in [1.82, 2.24) is 4.90 Å². The molecule has 0 spiro atoms. The number of carbonyl (C=O) groups is 2. The quantitative estimate of drug-likeness (QED) is 0.621. The van der Waals surface area contributed by atoms with E-state index in [-0.39, 0.29) is 23.8 Å². The van der Waals surface area contributed by atoms with Crippen molar-refractivity contribution in [2.24, 2.45) is 5.92 Å². The number of carboxylic acids is 1. The van der Waals surface area contributed by atoms with Gasteiger partial charge >= 0.3 is 12.1 Å². The van der Waals surface area contributed by atoms with Crippen molar-refractivity contribution < 1.29 is 23.8 Å². The predicted octanol–water partition coefficient (Wildman–Crippen LogP) is 5.75. The number of rotatable bonds is 5. The van der Waals surface area contributed by atoms with Crippen LogP contribution >= 0.6 is 11.6 Å². The van der Waals surface area contributed by atoms with E-state index < -0.39 is 24.0 Å². The van der Waals surface area contributed by atoms with Crippen LogP contribution in [0.25, 0.3) is 0 Å². The highest BCUT2D eigenvalue weighted by Crippen LogP contribution is 2.46. The molecule has 31 heavy (non-hydrogen) atoms. The zero-order valence-electron chi connectivity index (χ0n) is 17.4. The molecule has 1 aromatic carbocycles. The minimum atomic E-state index is -1.08. The first kappa shape index (κ1) is 22.8. The highest BCUT2D eigenvalue weighted by atomic mass is 35.5. The third-order valence-electron chi connectivity index (χ3n) is 6.08. The van der Waals surface area contributed by atoms with Gasteiger partial charge in [-0.3, -0.25) is 4.90 Å². The van der Waals surface area contributed by atoms with Crippen molar-refractivity contribution in [2.75, 3.05) is 0 Å². The van der Waals surface area contributed by atoms with Gasteiger partial charge in [0, 0.05) is 34.8 Å². The number of halogens is 2. The maximum atomic E-state index is 14.6. The summed E-state index contributed by atoms with van der Waals surface area (Å²) in [5.74, 6) is -1.82. The van der Waals surface area contributed by atoms with Gasteiger partial charge in [-0.2, -0.15) is 5.26 Å². The fraction of sp³-hybridized carbons (Fsp3) is 0.435. The van der Waals surface area contributed by atoms with Crippen molar-refractivity contribution in [3.8, 4) is 6.07 Å². The first-order valence-electron chi connectivity index (χ1n) is 10.2. The number of nitriles is 1. The number of carbonyl (C=O) groups excluding carboxylic acids is 1. The predicted molar refractivity (Wildman–Crippen MR) is 113 cm³/mol. The SMILES string of the molecule is CC1=CCC(C(=O)O)=C(C)N1C(=O)OC1CC(CCC#N)C(c2c(F)cccc2Cl)C1. The molecular formula is C23H24ClFN2O4. The number of allylic oxidation sites excluding steroid dienone is 3. The Hall–Kier alpha value is -2.85. The van der Waals surface area contributed by atoms with Crippen LogP contribution < -0.4 is 0 Å². The Labute approximate surface area is 185 Å². The smallest absolute Gasteiger partial charge is 0.418 e. The average Bonchev–Trinajstić information content (AvgIpc) is 3.08. The molecule has 3 unspecified atom stereocenters. The molecule has 1 fully saturated rings. The van der Waals surface area contributed by atoms with E-state index >= 15 is 0 Å². The molecule has 0 radical (unpaired) electrons. The Bertz CT molecular complexity index is 978. The number of benzene rings is 1. The number of aliphatic carboxylic acids is 1. The number of ether oxygens (including phenoxy) is 1. The summed E-state index contributed by atoms with van der Waals surface area (Å²) in [6.45, 7) is 3.29. The molecule has 1 N–H and O–H groups in total. The van der Waals surface area contributed by atoms with Crippen molar-refractivity contribution in [3.05, 3.63) is 57.6 Å². The van der Waals surface area contributed by atoms with Gasteiger partial charge < -0.3 is 9.84 Å². The molecule has 0 bridgehead atoms. The minimum Gasteiger partial charge on any atom is -0.478 e. The van der Waals surface area contributed by atoms with Crippen LogP contribution in [0, 0.1) is 23.1 Å². The van der Waals surface area contributed by atoms with Gasteiger partial charge in [-0.15, -0.1) is 0 Å². The van der Waals surface area contributed by atoms with E-state index in [1.807, 2.05) is 0 Å². The van der Waals surface area contributed by atoms with E-state index in [9.17, 15) is 19.1 Å². The van der Waals surface area contributed by atoms with Crippen LogP contribution in [0.2, 0.25) is 5.02 Å². The van der Waals surface area contributed by atoms with Crippen molar-refractivity contribution >= 4 is 23.7 Å². The largest absolute Gasteiger partial charge is 0.478 e. The van der Waals surface area contributed by atoms with Gasteiger partial charge in [0.15, 0.2) is 0 Å². The summed E-state index contributed by atoms with van der Waals surface area (Å²) in [7, 11) is 0. The van der Waals surface area contributed by atoms with Gasteiger partial charge in [0.2, 0.25) is 0 Å². The van der Waals surface area contributed by atoms with Crippen LogP contribution in [0.15, 0.2) is 41.2 Å². The second-order valence-electron chi connectivity index (χ2n) is 7.93. The molecule has 2 aliphatic rings. The van der Waals surface area contributed by atoms with Gasteiger partial charge in [0.05, 0.1) is 11.6 Å². The van der Waals surface area contributed by atoms with Crippen LogP contribution in [-0.4, -0.2) is 28.2 Å². The van der Waals surface area contributed by atoms with Crippen molar-refractivity contribution in [1.29, 1.82) is 5.26 Å². The molecule has 1 aromatic rings. The van der Waals surface area contributed by atoms with E-state index in [0.717, 1.165) is 0 Å². The van der Waals surface area contributed by atoms with Crippen molar-refractivity contribution in [2.45, 2.75) is 58.0 Å². The van der Waals surface area contributed by atoms with Gasteiger partial charge in [-0.05, 0) is 57.1 Å². The molecule has 0 aromatic heterocycles. The molecular weight excluding hydrogens is 423 g/mol. The first-order chi connectivity index (χ1) is 14.7. The maximum Gasteiger partial charge on any atom is 0.418 e. The standard InChI is InChI=1S/C23H24ClFN2O4/c1-13-8-9-17(22(28)29)14(2)27(13)23(30)31-16-11-15(5-4-10-26)18(12-16)21-19(24)6-3-7-20(21)25/h3,6-8,15-16,18H,4-5,9,11-12H2,1-2H3,(H,28,29). The highest BCUT2D eigenvalue weighted by molar-refractivity contribution is 6.31. The summed E-state index contributed by atoms with van der Waals surface area (Å²) < 4.78 is 20.3. The molecule has 1 saturated carbocycles. The van der Waals surface area contributed by atoms with Crippen LogP contribution in [0.1, 0.15) is 57.4 Å². The van der Waals surface area contributed by atoms with Gasteiger partial charge in [0.1, 0.15) is 11.9 Å². The molecule has 0 saturated heterocycles. The summed E-state index contributed by atoms with van der Waals surface area (Å²) in [6, 6.07) is 6.64. The molecule has 3 rings (SSSR count).